The van der Waals surface area contributed by atoms with Crippen molar-refractivity contribution in [3.05, 3.63) is 35.9 Å². The van der Waals surface area contributed by atoms with Crippen molar-refractivity contribution in [2.75, 3.05) is 6.61 Å². The molecule has 0 bridgehead atoms. The van der Waals surface area contributed by atoms with Gasteiger partial charge in [0.05, 0.1) is 12.7 Å². The number of carbonyl (C=O) groups is 1. The summed E-state index contributed by atoms with van der Waals surface area (Å²) in [5.74, 6) is 0.503. The quantitative estimate of drug-likeness (QED) is 0.580. The Morgan fingerprint density at radius 1 is 1.29 bits per heavy atom. The minimum atomic E-state index is -0.324. The van der Waals surface area contributed by atoms with Gasteiger partial charge in [0, 0.05) is 6.08 Å². The molecule has 0 aromatic heterocycles. The van der Waals surface area contributed by atoms with E-state index in [0.717, 1.165) is 11.3 Å². The van der Waals surface area contributed by atoms with Crippen LogP contribution < -0.4 is 4.74 Å². The SMILES string of the molecule is CCOC(=O)C=Cc1ccc(OC(C)C)cc1. The number of benzene rings is 1. The van der Waals surface area contributed by atoms with Gasteiger partial charge in [-0.05, 0) is 44.5 Å². The van der Waals surface area contributed by atoms with E-state index in [4.69, 9.17) is 9.47 Å². The zero-order valence-electron chi connectivity index (χ0n) is 10.5. The zero-order chi connectivity index (χ0) is 12.7. The number of ether oxygens (including phenoxy) is 2. The Labute approximate surface area is 102 Å². The van der Waals surface area contributed by atoms with Gasteiger partial charge in [0.15, 0.2) is 0 Å². The maximum atomic E-state index is 11.1. The molecule has 92 valence electrons. The summed E-state index contributed by atoms with van der Waals surface area (Å²) >= 11 is 0. The minimum Gasteiger partial charge on any atom is -0.491 e. The van der Waals surface area contributed by atoms with Crippen molar-refractivity contribution in [1.29, 1.82) is 0 Å². The fraction of sp³-hybridized carbons (Fsp3) is 0.357. The summed E-state index contributed by atoms with van der Waals surface area (Å²) in [6, 6.07) is 7.55. The van der Waals surface area contributed by atoms with Gasteiger partial charge >= 0.3 is 5.97 Å². The summed E-state index contributed by atoms with van der Waals surface area (Å²) in [6.45, 7) is 6.14. The molecule has 0 saturated heterocycles. The molecule has 1 aromatic carbocycles. The smallest absolute Gasteiger partial charge is 0.330 e. The second-order valence-corrected chi connectivity index (χ2v) is 3.82. The van der Waals surface area contributed by atoms with Gasteiger partial charge in [-0.15, -0.1) is 0 Å². The van der Waals surface area contributed by atoms with Gasteiger partial charge in [0.2, 0.25) is 0 Å². The van der Waals surface area contributed by atoms with Crippen LogP contribution in [0.5, 0.6) is 5.75 Å². The molecule has 1 rings (SSSR count). The summed E-state index contributed by atoms with van der Waals surface area (Å²) in [5, 5.41) is 0. The van der Waals surface area contributed by atoms with Crippen molar-refractivity contribution < 1.29 is 14.3 Å². The monoisotopic (exact) mass is 234 g/mol. The molecular formula is C14H18O3. The van der Waals surface area contributed by atoms with E-state index in [9.17, 15) is 4.79 Å². The molecule has 0 unspecified atom stereocenters. The Hall–Kier alpha value is -1.77. The molecule has 1 aromatic rings. The van der Waals surface area contributed by atoms with Gasteiger partial charge in [-0.25, -0.2) is 4.79 Å². The lowest BCUT2D eigenvalue weighted by atomic mass is 10.2. The van der Waals surface area contributed by atoms with Gasteiger partial charge in [-0.3, -0.25) is 0 Å². The molecule has 0 fully saturated rings. The lowest BCUT2D eigenvalue weighted by Gasteiger charge is -2.09. The average Bonchev–Trinajstić information content (AvgIpc) is 2.28. The van der Waals surface area contributed by atoms with E-state index in [1.54, 1.807) is 13.0 Å². The summed E-state index contributed by atoms with van der Waals surface area (Å²) in [4.78, 5) is 11.1. The second-order valence-electron chi connectivity index (χ2n) is 3.82. The predicted octanol–water partition coefficient (Wildman–Crippen LogP) is 3.05. The van der Waals surface area contributed by atoms with Crippen LogP contribution in [0.4, 0.5) is 0 Å². The highest BCUT2D eigenvalue weighted by Gasteiger charge is 1.97. The molecule has 3 nitrogen and oxygen atoms in total. The van der Waals surface area contributed by atoms with Crippen LogP contribution in [0.1, 0.15) is 26.3 Å². The molecule has 0 atom stereocenters. The summed E-state index contributed by atoms with van der Waals surface area (Å²) < 4.78 is 10.3. The van der Waals surface area contributed by atoms with Crippen LogP contribution in [0.3, 0.4) is 0 Å². The number of hydrogen-bond donors (Lipinski definition) is 0. The first-order chi connectivity index (χ1) is 8.11. The van der Waals surface area contributed by atoms with Gasteiger partial charge in [-0.1, -0.05) is 12.1 Å². The van der Waals surface area contributed by atoms with Gasteiger partial charge in [0.25, 0.3) is 0 Å². The Balaban J connectivity index is 2.59. The second kappa shape index (κ2) is 6.74. The molecule has 3 heteroatoms. The molecule has 0 amide bonds. The molecule has 0 N–H and O–H groups in total. The van der Waals surface area contributed by atoms with E-state index in [-0.39, 0.29) is 12.1 Å². The first-order valence-corrected chi connectivity index (χ1v) is 5.73. The topological polar surface area (TPSA) is 35.5 Å². The zero-order valence-corrected chi connectivity index (χ0v) is 10.5. The molecule has 17 heavy (non-hydrogen) atoms. The van der Waals surface area contributed by atoms with Gasteiger partial charge in [0.1, 0.15) is 5.75 Å². The fourth-order valence-electron chi connectivity index (χ4n) is 1.28. The Morgan fingerprint density at radius 3 is 2.47 bits per heavy atom. The molecule has 0 aliphatic rings. The number of rotatable bonds is 5. The van der Waals surface area contributed by atoms with Crippen LogP contribution in [0.25, 0.3) is 6.08 Å². The first kappa shape index (κ1) is 13.3. The normalized spacial score (nSPS) is 10.8. The number of esters is 1. The highest BCUT2D eigenvalue weighted by Crippen LogP contribution is 2.14. The molecule has 0 heterocycles. The van der Waals surface area contributed by atoms with Crippen LogP contribution in [-0.2, 0) is 9.53 Å². The number of carbonyl (C=O) groups excluding carboxylic acids is 1. The Kier molecular flexibility index (Phi) is 5.27. The van der Waals surface area contributed by atoms with E-state index >= 15 is 0 Å². The molecule has 0 aliphatic heterocycles. The van der Waals surface area contributed by atoms with Crippen LogP contribution in [0, 0.1) is 0 Å². The Morgan fingerprint density at radius 2 is 1.94 bits per heavy atom. The van der Waals surface area contributed by atoms with Crippen molar-refractivity contribution in [1.82, 2.24) is 0 Å². The van der Waals surface area contributed by atoms with Crippen molar-refractivity contribution in [3.63, 3.8) is 0 Å². The van der Waals surface area contributed by atoms with E-state index in [1.807, 2.05) is 38.1 Å². The lowest BCUT2D eigenvalue weighted by Crippen LogP contribution is -2.05. The van der Waals surface area contributed by atoms with Gasteiger partial charge < -0.3 is 9.47 Å². The standard InChI is InChI=1S/C14H18O3/c1-4-16-14(15)10-7-12-5-8-13(9-6-12)17-11(2)3/h5-11H,4H2,1-3H3. The van der Waals surface area contributed by atoms with Crippen LogP contribution in [0.15, 0.2) is 30.3 Å². The summed E-state index contributed by atoms with van der Waals surface area (Å²) in [6.07, 6.45) is 3.30. The molecule has 0 spiro atoms. The molecule has 0 saturated carbocycles. The van der Waals surface area contributed by atoms with Crippen molar-refractivity contribution in [2.45, 2.75) is 26.9 Å². The maximum Gasteiger partial charge on any atom is 0.330 e. The van der Waals surface area contributed by atoms with Crippen LogP contribution in [0.2, 0.25) is 0 Å². The van der Waals surface area contributed by atoms with E-state index in [2.05, 4.69) is 0 Å². The van der Waals surface area contributed by atoms with Crippen LogP contribution >= 0.6 is 0 Å². The number of hydrogen-bond acceptors (Lipinski definition) is 3. The first-order valence-electron chi connectivity index (χ1n) is 5.73. The minimum absolute atomic E-state index is 0.163. The largest absolute Gasteiger partial charge is 0.491 e. The molecular weight excluding hydrogens is 216 g/mol. The van der Waals surface area contributed by atoms with Crippen molar-refractivity contribution in [3.8, 4) is 5.75 Å². The highest BCUT2D eigenvalue weighted by atomic mass is 16.5. The van der Waals surface area contributed by atoms with Gasteiger partial charge in [-0.2, -0.15) is 0 Å². The Bertz CT molecular complexity index is 377. The van der Waals surface area contributed by atoms with E-state index in [0.29, 0.717) is 6.61 Å². The van der Waals surface area contributed by atoms with E-state index < -0.39 is 0 Å². The third kappa shape index (κ3) is 5.20. The van der Waals surface area contributed by atoms with Crippen molar-refractivity contribution in [2.24, 2.45) is 0 Å². The van der Waals surface area contributed by atoms with Crippen LogP contribution in [-0.4, -0.2) is 18.7 Å². The lowest BCUT2D eigenvalue weighted by molar-refractivity contribution is -0.137. The average molecular weight is 234 g/mol. The predicted molar refractivity (Wildman–Crippen MR) is 67.9 cm³/mol. The fourth-order valence-corrected chi connectivity index (χ4v) is 1.28. The van der Waals surface area contributed by atoms with Crippen molar-refractivity contribution >= 4 is 12.0 Å². The molecule has 0 aliphatic carbocycles. The summed E-state index contributed by atoms with van der Waals surface area (Å²) in [5.41, 5.74) is 0.939. The third-order valence-corrected chi connectivity index (χ3v) is 1.95. The molecule has 0 radical (unpaired) electrons. The maximum absolute atomic E-state index is 11.1. The summed E-state index contributed by atoms with van der Waals surface area (Å²) in [7, 11) is 0. The highest BCUT2D eigenvalue weighted by molar-refractivity contribution is 5.87. The third-order valence-electron chi connectivity index (χ3n) is 1.95. The van der Waals surface area contributed by atoms with E-state index in [1.165, 1.54) is 6.08 Å².